The number of halogens is 1. The average Bonchev–Trinajstić information content (AvgIpc) is 2.72. The Bertz CT molecular complexity index is 918. The highest BCUT2D eigenvalue weighted by atomic mass is 32.2. The Morgan fingerprint density at radius 2 is 1.70 bits per heavy atom. The Labute approximate surface area is 135 Å². The molecule has 4 nitrogen and oxygen atoms in total. The number of amidine groups is 1. The normalized spacial score (nSPS) is 15.2. The summed E-state index contributed by atoms with van der Waals surface area (Å²) in [4.78, 5) is 6.61. The molecule has 23 heavy (non-hydrogen) atoms. The van der Waals surface area contributed by atoms with Gasteiger partial charge in [0.2, 0.25) is 9.84 Å². The number of benzene rings is 2. The van der Waals surface area contributed by atoms with Crippen molar-refractivity contribution in [1.82, 2.24) is 4.90 Å². The van der Waals surface area contributed by atoms with Gasteiger partial charge in [0.25, 0.3) is 0 Å². The first-order valence-corrected chi connectivity index (χ1v) is 8.77. The van der Waals surface area contributed by atoms with E-state index in [1.54, 1.807) is 18.2 Å². The number of aliphatic imine (C=N–C) groups is 1. The summed E-state index contributed by atoms with van der Waals surface area (Å²) in [6.45, 7) is 1.99. The third-order valence-electron chi connectivity index (χ3n) is 3.87. The van der Waals surface area contributed by atoms with Gasteiger partial charge in [0.1, 0.15) is 11.7 Å². The van der Waals surface area contributed by atoms with Crippen LogP contribution in [0.1, 0.15) is 13.3 Å². The second-order valence-electron chi connectivity index (χ2n) is 5.60. The summed E-state index contributed by atoms with van der Waals surface area (Å²) in [5, 5.41) is 0. The molecule has 2 aromatic rings. The van der Waals surface area contributed by atoms with E-state index in [4.69, 9.17) is 0 Å². The molecule has 0 aliphatic carbocycles. The fourth-order valence-corrected chi connectivity index (χ4v) is 4.44. The van der Waals surface area contributed by atoms with Crippen molar-refractivity contribution in [1.29, 1.82) is 0 Å². The van der Waals surface area contributed by atoms with Crippen LogP contribution in [0.15, 0.2) is 51.2 Å². The van der Waals surface area contributed by atoms with Crippen LogP contribution in [-0.4, -0.2) is 33.2 Å². The maximum Gasteiger partial charge on any atom is 0.208 e. The van der Waals surface area contributed by atoms with E-state index in [1.807, 2.05) is 25.9 Å². The molecule has 0 N–H and O–H groups in total. The van der Waals surface area contributed by atoms with E-state index >= 15 is 0 Å². The minimum atomic E-state index is -3.70. The van der Waals surface area contributed by atoms with Gasteiger partial charge >= 0.3 is 0 Å². The lowest BCUT2D eigenvalue weighted by Crippen LogP contribution is -2.20. The van der Waals surface area contributed by atoms with Crippen LogP contribution >= 0.6 is 0 Å². The molecular weight excluding hydrogens is 315 g/mol. The van der Waals surface area contributed by atoms with Crippen molar-refractivity contribution in [3.63, 3.8) is 0 Å². The summed E-state index contributed by atoms with van der Waals surface area (Å²) in [6, 6.07) is 8.93. The Morgan fingerprint density at radius 1 is 1.09 bits per heavy atom. The lowest BCUT2D eigenvalue weighted by molar-refractivity contribution is 0.594. The standard InChI is InChI=1S/C17H17FN2O2S/c1-4-17(20(2)3)19-12-6-8-14-13-7-5-11(18)9-15(13)23(21,22)16(14)10-12/h5-10H,4H2,1-3H3. The Kier molecular flexibility index (Phi) is 3.72. The molecule has 3 rings (SSSR count). The second-order valence-corrected chi connectivity index (χ2v) is 7.49. The van der Waals surface area contributed by atoms with E-state index in [1.165, 1.54) is 12.1 Å². The van der Waals surface area contributed by atoms with Crippen molar-refractivity contribution < 1.29 is 12.8 Å². The van der Waals surface area contributed by atoms with Gasteiger partial charge in [0.15, 0.2) is 0 Å². The van der Waals surface area contributed by atoms with E-state index in [0.717, 1.165) is 18.3 Å². The van der Waals surface area contributed by atoms with E-state index < -0.39 is 15.7 Å². The largest absolute Gasteiger partial charge is 0.366 e. The van der Waals surface area contributed by atoms with Crippen LogP contribution in [-0.2, 0) is 9.84 Å². The van der Waals surface area contributed by atoms with Gasteiger partial charge in [0, 0.05) is 31.6 Å². The Hall–Kier alpha value is -2.21. The molecule has 6 heteroatoms. The van der Waals surface area contributed by atoms with E-state index in [-0.39, 0.29) is 9.79 Å². The first-order chi connectivity index (χ1) is 10.8. The fraction of sp³-hybridized carbons (Fsp3) is 0.235. The molecule has 0 bridgehead atoms. The quantitative estimate of drug-likeness (QED) is 0.532. The minimum absolute atomic E-state index is 0.0250. The van der Waals surface area contributed by atoms with Gasteiger partial charge in [-0.3, -0.25) is 0 Å². The molecule has 2 aromatic carbocycles. The van der Waals surface area contributed by atoms with Crippen molar-refractivity contribution >= 4 is 21.4 Å². The van der Waals surface area contributed by atoms with Crippen LogP contribution in [0, 0.1) is 5.82 Å². The SMILES string of the molecule is CCC(=Nc1ccc2c(c1)S(=O)(=O)c1cc(F)ccc1-2)N(C)C. The predicted octanol–water partition coefficient (Wildman–Crippen LogP) is 3.64. The third-order valence-corrected chi connectivity index (χ3v) is 5.70. The molecule has 0 spiro atoms. The smallest absolute Gasteiger partial charge is 0.208 e. The molecule has 0 saturated heterocycles. The van der Waals surface area contributed by atoms with Crippen LogP contribution in [0.5, 0.6) is 0 Å². The second kappa shape index (κ2) is 5.45. The fourth-order valence-electron chi connectivity index (χ4n) is 2.73. The van der Waals surface area contributed by atoms with E-state index in [0.29, 0.717) is 16.8 Å². The molecule has 0 atom stereocenters. The average molecular weight is 332 g/mol. The molecule has 0 amide bonds. The molecule has 0 fully saturated rings. The van der Waals surface area contributed by atoms with Crippen LogP contribution < -0.4 is 0 Å². The van der Waals surface area contributed by atoms with Gasteiger partial charge in [-0.25, -0.2) is 17.8 Å². The number of rotatable bonds is 2. The lowest BCUT2D eigenvalue weighted by Gasteiger charge is -2.14. The maximum absolute atomic E-state index is 13.4. The summed E-state index contributed by atoms with van der Waals surface area (Å²) >= 11 is 0. The minimum Gasteiger partial charge on any atom is -0.366 e. The molecule has 0 aromatic heterocycles. The Morgan fingerprint density at radius 3 is 2.30 bits per heavy atom. The van der Waals surface area contributed by atoms with Gasteiger partial charge in [0.05, 0.1) is 15.5 Å². The van der Waals surface area contributed by atoms with Gasteiger partial charge in [-0.15, -0.1) is 0 Å². The molecular formula is C17H17FN2O2S. The van der Waals surface area contributed by atoms with Crippen molar-refractivity contribution in [2.45, 2.75) is 23.1 Å². The zero-order valence-corrected chi connectivity index (χ0v) is 14.0. The van der Waals surface area contributed by atoms with Gasteiger partial charge in [-0.2, -0.15) is 0 Å². The molecule has 1 heterocycles. The summed E-state index contributed by atoms with van der Waals surface area (Å²) < 4.78 is 38.7. The monoisotopic (exact) mass is 332 g/mol. The molecule has 0 saturated carbocycles. The van der Waals surface area contributed by atoms with Crippen LogP contribution in [0.25, 0.3) is 11.1 Å². The van der Waals surface area contributed by atoms with Crippen LogP contribution in [0.3, 0.4) is 0 Å². The van der Waals surface area contributed by atoms with Crippen molar-refractivity contribution in [2.75, 3.05) is 14.1 Å². The zero-order chi connectivity index (χ0) is 16.8. The number of hydrogen-bond acceptors (Lipinski definition) is 3. The molecule has 1 aliphatic heterocycles. The highest BCUT2D eigenvalue weighted by Crippen LogP contribution is 2.44. The van der Waals surface area contributed by atoms with Gasteiger partial charge in [-0.1, -0.05) is 19.1 Å². The van der Waals surface area contributed by atoms with Crippen LogP contribution in [0.2, 0.25) is 0 Å². The summed E-state index contributed by atoms with van der Waals surface area (Å²) in [5.74, 6) is 0.295. The van der Waals surface area contributed by atoms with Crippen molar-refractivity contribution in [2.24, 2.45) is 4.99 Å². The third kappa shape index (κ3) is 2.53. The van der Waals surface area contributed by atoms with Crippen LogP contribution in [0.4, 0.5) is 10.1 Å². The summed E-state index contributed by atoms with van der Waals surface area (Å²) in [6.07, 6.45) is 0.738. The lowest BCUT2D eigenvalue weighted by atomic mass is 10.1. The predicted molar refractivity (Wildman–Crippen MR) is 88.4 cm³/mol. The Balaban J connectivity index is 2.17. The maximum atomic E-state index is 13.4. The van der Waals surface area contributed by atoms with Crippen molar-refractivity contribution in [3.8, 4) is 11.1 Å². The molecule has 1 aliphatic rings. The number of fused-ring (bicyclic) bond motifs is 3. The molecule has 120 valence electrons. The molecule has 0 radical (unpaired) electrons. The van der Waals surface area contributed by atoms with Gasteiger partial charge in [-0.05, 0) is 24.3 Å². The first kappa shape index (κ1) is 15.7. The molecule has 0 unspecified atom stereocenters. The number of hydrogen-bond donors (Lipinski definition) is 0. The first-order valence-electron chi connectivity index (χ1n) is 7.28. The highest BCUT2D eigenvalue weighted by Gasteiger charge is 2.33. The van der Waals surface area contributed by atoms with E-state index in [2.05, 4.69) is 4.99 Å². The number of nitrogens with zero attached hydrogens (tertiary/aromatic N) is 2. The number of sulfone groups is 1. The summed E-state index contributed by atoms with van der Waals surface area (Å²) in [7, 11) is 0.0923. The topological polar surface area (TPSA) is 49.7 Å². The van der Waals surface area contributed by atoms with E-state index in [9.17, 15) is 12.8 Å². The highest BCUT2D eigenvalue weighted by molar-refractivity contribution is 7.92. The zero-order valence-electron chi connectivity index (χ0n) is 13.2. The summed E-state index contributed by atoms with van der Waals surface area (Å²) in [5.41, 5.74) is 1.72. The van der Waals surface area contributed by atoms with Crippen molar-refractivity contribution in [3.05, 3.63) is 42.2 Å². The van der Waals surface area contributed by atoms with Gasteiger partial charge < -0.3 is 4.90 Å².